The number of fused-ring (bicyclic) bond motifs is 1. The van der Waals surface area contributed by atoms with Gasteiger partial charge in [-0.1, -0.05) is 51.7 Å². The summed E-state index contributed by atoms with van der Waals surface area (Å²) in [6, 6.07) is 16.2. The van der Waals surface area contributed by atoms with Crippen molar-refractivity contribution in [1.29, 1.82) is 0 Å². The number of rotatable bonds is 12. The van der Waals surface area contributed by atoms with Crippen LogP contribution < -0.4 is 13.8 Å². The molecule has 0 amide bonds. The molecule has 0 saturated heterocycles. The van der Waals surface area contributed by atoms with Crippen LogP contribution in [0.5, 0.6) is 11.5 Å². The lowest BCUT2D eigenvalue weighted by atomic mass is 9.92. The lowest BCUT2D eigenvalue weighted by Gasteiger charge is -2.30. The molecule has 3 nitrogen and oxygen atoms in total. The molecule has 1 aliphatic rings. The average Bonchev–Trinajstić information content (AvgIpc) is 3.18. The van der Waals surface area contributed by atoms with Crippen molar-refractivity contribution in [3.8, 4) is 11.5 Å². The Labute approximate surface area is 211 Å². The van der Waals surface area contributed by atoms with Gasteiger partial charge in [-0.05, 0) is 92.1 Å². The molecule has 0 saturated carbocycles. The van der Waals surface area contributed by atoms with Crippen LogP contribution in [-0.2, 0) is 6.42 Å². The summed E-state index contributed by atoms with van der Waals surface area (Å²) in [4.78, 5) is 2.16. The van der Waals surface area contributed by atoms with E-state index in [9.17, 15) is 0 Å². The molecular formula is C29H47NO2Si2. The van der Waals surface area contributed by atoms with Crippen LogP contribution in [0.4, 0.5) is 5.69 Å². The fraction of sp³-hybridized carbons (Fsp3) is 0.586. The Hall–Kier alpha value is -1.73. The summed E-state index contributed by atoms with van der Waals surface area (Å²) in [7, 11) is 0.577. The molecule has 0 fully saturated rings. The van der Waals surface area contributed by atoms with Crippen LogP contribution in [-0.4, -0.2) is 30.7 Å². The zero-order valence-corrected chi connectivity index (χ0v) is 25.0. The summed E-state index contributed by atoms with van der Waals surface area (Å²) in [5.74, 6) is 2.45. The first kappa shape index (κ1) is 26.9. The molecule has 5 heteroatoms. The molecule has 0 aromatic heterocycles. The van der Waals surface area contributed by atoms with Crippen LogP contribution in [0.25, 0.3) is 0 Å². The van der Waals surface area contributed by atoms with E-state index in [0.717, 1.165) is 24.3 Å². The van der Waals surface area contributed by atoms with Gasteiger partial charge in [0.2, 0.25) is 16.6 Å². The minimum atomic E-state index is -1.82. The molecule has 3 rings (SSSR count). The van der Waals surface area contributed by atoms with E-state index < -0.39 is 16.6 Å². The number of aryl methyl sites for hydroxylation is 1. The van der Waals surface area contributed by atoms with Gasteiger partial charge in [0.1, 0.15) is 11.5 Å². The van der Waals surface area contributed by atoms with Crippen LogP contribution in [0, 0.1) is 0 Å². The zero-order chi connectivity index (χ0) is 24.9. The van der Waals surface area contributed by atoms with Crippen molar-refractivity contribution in [3.05, 3.63) is 53.1 Å². The largest absolute Gasteiger partial charge is 0.542 e. The smallest absolute Gasteiger partial charge is 0.245 e. The molecule has 0 bridgehead atoms. The number of hydrogen-bond acceptors (Lipinski definition) is 3. The topological polar surface area (TPSA) is 21.7 Å². The highest BCUT2D eigenvalue weighted by Gasteiger charge is 2.32. The Bertz CT molecular complexity index is 938. The van der Waals surface area contributed by atoms with E-state index >= 15 is 0 Å². The summed E-state index contributed by atoms with van der Waals surface area (Å²) >= 11 is 0. The van der Waals surface area contributed by atoms with Crippen LogP contribution in [0.2, 0.25) is 38.3 Å². The molecule has 0 heterocycles. The van der Waals surface area contributed by atoms with E-state index in [0.29, 0.717) is 5.92 Å². The van der Waals surface area contributed by atoms with Gasteiger partial charge >= 0.3 is 0 Å². The minimum Gasteiger partial charge on any atom is -0.542 e. The summed E-state index contributed by atoms with van der Waals surface area (Å²) in [5.41, 5.74) is 5.53. The standard InChI is InChI=1S/C29H47NO2Si2/c1-9-11-19-33(5,6)31-28-21-24-15-18-26(23-13-16-25(17-14-23)30(3)4)27(24)22-29(28)32-34(7,8)20-12-10-2/h13-14,16-17,21-22,26H,9-12,15,18-20H2,1-8H3. The SMILES string of the molecule is CCCC[Si](C)(C)Oc1cc2c(cc1O[Si](C)(C)CCCC)C(c1ccc(N(C)C)cc1)CC2. The maximum absolute atomic E-state index is 6.87. The predicted octanol–water partition coefficient (Wildman–Crippen LogP) is 8.60. The fourth-order valence-electron chi connectivity index (χ4n) is 5.03. The lowest BCUT2D eigenvalue weighted by molar-refractivity contribution is 0.476. The second-order valence-electron chi connectivity index (χ2n) is 11.5. The van der Waals surface area contributed by atoms with Gasteiger partial charge in [0.15, 0.2) is 0 Å². The Morgan fingerprint density at radius 1 is 0.824 bits per heavy atom. The van der Waals surface area contributed by atoms with Gasteiger partial charge in [0.25, 0.3) is 0 Å². The monoisotopic (exact) mass is 497 g/mol. The minimum absolute atomic E-state index is 0.438. The van der Waals surface area contributed by atoms with Gasteiger partial charge in [-0.25, -0.2) is 0 Å². The molecule has 0 spiro atoms. The number of anilines is 1. The molecule has 1 atom stereocenters. The van der Waals surface area contributed by atoms with E-state index in [1.165, 1.54) is 60.1 Å². The number of benzene rings is 2. The highest BCUT2D eigenvalue weighted by Crippen LogP contribution is 2.45. The van der Waals surface area contributed by atoms with E-state index in [2.05, 4.69) is 95.4 Å². The third-order valence-electron chi connectivity index (χ3n) is 7.13. The van der Waals surface area contributed by atoms with E-state index in [-0.39, 0.29) is 0 Å². The average molecular weight is 498 g/mol. The lowest BCUT2D eigenvalue weighted by Crippen LogP contribution is -2.36. The van der Waals surface area contributed by atoms with Gasteiger partial charge in [0, 0.05) is 25.7 Å². The molecule has 0 N–H and O–H groups in total. The highest BCUT2D eigenvalue weighted by molar-refractivity contribution is 6.72. The fourth-order valence-corrected chi connectivity index (χ4v) is 9.15. The van der Waals surface area contributed by atoms with Crippen molar-refractivity contribution in [1.82, 2.24) is 0 Å². The Kier molecular flexibility index (Phi) is 8.96. The molecular weight excluding hydrogens is 450 g/mol. The van der Waals surface area contributed by atoms with E-state index in [4.69, 9.17) is 8.85 Å². The van der Waals surface area contributed by atoms with E-state index in [1.807, 2.05) is 0 Å². The summed E-state index contributed by atoms with van der Waals surface area (Å²) < 4.78 is 13.7. The van der Waals surface area contributed by atoms with Crippen LogP contribution in [0.1, 0.15) is 68.6 Å². The first-order valence-corrected chi connectivity index (χ1v) is 19.6. The number of unbranched alkanes of at least 4 members (excludes halogenated alkanes) is 2. The Balaban J connectivity index is 1.96. The van der Waals surface area contributed by atoms with Crippen molar-refractivity contribution in [2.24, 2.45) is 0 Å². The first-order valence-electron chi connectivity index (χ1n) is 13.4. The third kappa shape index (κ3) is 6.91. The Morgan fingerprint density at radius 3 is 1.85 bits per heavy atom. The Morgan fingerprint density at radius 2 is 1.35 bits per heavy atom. The van der Waals surface area contributed by atoms with Gasteiger partial charge in [-0.2, -0.15) is 0 Å². The van der Waals surface area contributed by atoms with Crippen LogP contribution >= 0.6 is 0 Å². The number of nitrogens with zero attached hydrogens (tertiary/aromatic N) is 1. The highest BCUT2D eigenvalue weighted by atomic mass is 28.4. The molecule has 0 aliphatic heterocycles. The molecule has 34 heavy (non-hydrogen) atoms. The van der Waals surface area contributed by atoms with Gasteiger partial charge < -0.3 is 13.8 Å². The predicted molar refractivity (Wildman–Crippen MR) is 153 cm³/mol. The second kappa shape index (κ2) is 11.3. The van der Waals surface area contributed by atoms with Gasteiger partial charge in [-0.3, -0.25) is 0 Å². The normalized spacial score (nSPS) is 15.8. The van der Waals surface area contributed by atoms with Crippen molar-refractivity contribution in [3.63, 3.8) is 0 Å². The van der Waals surface area contributed by atoms with Crippen LogP contribution in [0.3, 0.4) is 0 Å². The quantitative estimate of drug-likeness (QED) is 0.274. The molecule has 1 aliphatic carbocycles. The third-order valence-corrected chi connectivity index (χ3v) is 11.8. The molecule has 2 aromatic carbocycles. The zero-order valence-electron chi connectivity index (χ0n) is 23.0. The van der Waals surface area contributed by atoms with Gasteiger partial charge in [0.05, 0.1) is 0 Å². The number of hydrogen-bond donors (Lipinski definition) is 0. The van der Waals surface area contributed by atoms with E-state index in [1.54, 1.807) is 0 Å². The van der Waals surface area contributed by atoms with Crippen molar-refractivity contribution >= 4 is 22.3 Å². The summed E-state index contributed by atoms with van der Waals surface area (Å²) in [5, 5.41) is 0. The molecule has 0 radical (unpaired) electrons. The van der Waals surface area contributed by atoms with Crippen molar-refractivity contribution < 1.29 is 8.85 Å². The molecule has 188 valence electrons. The van der Waals surface area contributed by atoms with Gasteiger partial charge in [-0.15, -0.1) is 0 Å². The summed E-state index contributed by atoms with van der Waals surface area (Å²) in [6.07, 6.45) is 7.18. The second-order valence-corrected chi connectivity index (χ2v) is 20.0. The van der Waals surface area contributed by atoms with Crippen molar-refractivity contribution in [2.75, 3.05) is 19.0 Å². The summed E-state index contributed by atoms with van der Waals surface area (Å²) in [6.45, 7) is 14.0. The molecule has 1 unspecified atom stereocenters. The van der Waals surface area contributed by atoms with Crippen molar-refractivity contribution in [2.45, 2.75) is 96.6 Å². The molecule has 2 aromatic rings. The first-order chi connectivity index (χ1) is 16.0. The van der Waals surface area contributed by atoms with Crippen LogP contribution in [0.15, 0.2) is 36.4 Å². The maximum Gasteiger partial charge on any atom is 0.245 e. The maximum atomic E-state index is 6.87.